The van der Waals surface area contributed by atoms with Crippen LogP contribution in [-0.4, -0.2) is 0 Å². The van der Waals surface area contributed by atoms with Gasteiger partial charge < -0.3 is 0 Å². The van der Waals surface area contributed by atoms with Crippen LogP contribution in [0, 0.1) is 26.8 Å². The molecule has 0 amide bonds. The lowest BCUT2D eigenvalue weighted by Gasteiger charge is -2.41. The van der Waals surface area contributed by atoms with E-state index in [0.717, 1.165) is 0 Å². The minimum absolute atomic E-state index is 0.326. The van der Waals surface area contributed by atoms with E-state index >= 15 is 0 Å². The van der Waals surface area contributed by atoms with Gasteiger partial charge in [0.2, 0.25) is 0 Å². The molecule has 0 aliphatic rings. The largest absolute Gasteiger partial charge is 0.314 e. The molecule has 0 radical (unpaired) electrons. The average molecular weight is 402 g/mol. The number of rotatable bonds is 1. The zero-order chi connectivity index (χ0) is 13.9. The fourth-order valence-electron chi connectivity index (χ4n) is 0.923. The molecule has 1 aromatic carbocycles. The molecule has 100 valence electrons. The molecule has 0 nitrogen and oxygen atoms in total. The van der Waals surface area contributed by atoms with Crippen LogP contribution in [0.3, 0.4) is 0 Å². The van der Waals surface area contributed by atoms with E-state index in [4.69, 9.17) is 0 Å². The van der Waals surface area contributed by atoms with Gasteiger partial charge in [0.25, 0.3) is 0 Å². The summed E-state index contributed by atoms with van der Waals surface area (Å²) in [6.07, 6.45) is 0. The number of benzene rings is 1. The van der Waals surface area contributed by atoms with Crippen molar-refractivity contribution < 1.29 is 37.0 Å². The monoisotopic (exact) mass is 402 g/mol. The summed E-state index contributed by atoms with van der Waals surface area (Å²) in [7, 11) is -10.7. The van der Waals surface area contributed by atoms with Gasteiger partial charge in [-0.1, -0.05) is 19.4 Å². The first-order valence-electron chi connectivity index (χ1n) is 3.42. The van der Waals surface area contributed by atoms with Crippen LogP contribution in [0.25, 0.3) is 0 Å². The molecule has 0 atom stereocenters. The van der Waals surface area contributed by atoms with Crippen molar-refractivity contribution in [2.75, 3.05) is 0 Å². The van der Waals surface area contributed by atoms with Gasteiger partial charge in [-0.2, -0.15) is 0 Å². The van der Waals surface area contributed by atoms with Crippen LogP contribution in [0.4, 0.5) is 37.0 Å². The Morgan fingerprint density at radius 1 is 0.647 bits per heavy atom. The lowest BCUT2D eigenvalue weighted by molar-refractivity contribution is 0.335. The molecule has 0 aliphatic heterocycles. The highest BCUT2D eigenvalue weighted by Crippen LogP contribution is 3.02. The molecule has 0 spiro atoms. The van der Waals surface area contributed by atoms with Crippen molar-refractivity contribution in [1.82, 2.24) is 0 Å². The van der Waals surface area contributed by atoms with E-state index in [-0.39, 0.29) is 0 Å². The SMILES string of the molecule is Fc1c(F)c(F)c(S(F)(F)(F)(F)F)c(I)c1F. The molecule has 0 unspecified atom stereocenters. The Balaban J connectivity index is 3.95. The Bertz CT molecular complexity index is 475. The topological polar surface area (TPSA) is 0 Å². The number of hydrogen-bond donors (Lipinski definition) is 0. The molecule has 1 rings (SSSR count). The van der Waals surface area contributed by atoms with Crippen LogP contribution >= 0.6 is 32.8 Å². The fraction of sp³-hybridized carbons (Fsp3) is 0. The van der Waals surface area contributed by atoms with E-state index in [1.54, 1.807) is 0 Å². The maximum atomic E-state index is 12.7. The molecule has 0 fully saturated rings. The molecule has 0 saturated carbocycles. The first kappa shape index (κ1) is 14.7. The second kappa shape index (κ2) is 3.16. The average Bonchev–Trinajstić information content (AvgIpc) is 2.07. The Hall–Kier alpha value is -0.330. The van der Waals surface area contributed by atoms with E-state index in [1.165, 1.54) is 0 Å². The molecular formula is C6F9IS. The Kier molecular flexibility index (Phi) is 2.74. The van der Waals surface area contributed by atoms with Crippen LogP contribution in [-0.2, 0) is 0 Å². The normalized spacial score (nSPS) is 16.6. The number of hydrogen-bond acceptors (Lipinski definition) is 0. The predicted molar refractivity (Wildman–Crippen MR) is 50.4 cm³/mol. The van der Waals surface area contributed by atoms with Crippen molar-refractivity contribution in [2.45, 2.75) is 4.90 Å². The minimum Gasteiger partial charge on any atom is -0.202 e. The van der Waals surface area contributed by atoms with E-state index in [0.29, 0.717) is 22.6 Å². The molecule has 0 aromatic heterocycles. The minimum atomic E-state index is -10.7. The molecule has 0 heterocycles. The molecule has 17 heavy (non-hydrogen) atoms. The molecule has 0 aliphatic carbocycles. The second-order valence-electron chi connectivity index (χ2n) is 2.87. The summed E-state index contributed by atoms with van der Waals surface area (Å²) in [5.41, 5.74) is 0. The highest BCUT2D eigenvalue weighted by Gasteiger charge is 2.69. The molecule has 1 aromatic rings. The quantitative estimate of drug-likeness (QED) is 0.252. The highest BCUT2D eigenvalue weighted by atomic mass is 127. The summed E-state index contributed by atoms with van der Waals surface area (Å²) in [5.74, 6) is -11.2. The summed E-state index contributed by atoms with van der Waals surface area (Å²) in [5, 5.41) is 0. The summed E-state index contributed by atoms with van der Waals surface area (Å²) in [6.45, 7) is 0. The van der Waals surface area contributed by atoms with Crippen molar-refractivity contribution in [2.24, 2.45) is 0 Å². The van der Waals surface area contributed by atoms with Gasteiger partial charge in [-0.05, 0) is 22.6 Å². The van der Waals surface area contributed by atoms with Crippen LogP contribution in [0.1, 0.15) is 0 Å². The molecule has 0 N–H and O–H groups in total. The summed E-state index contributed by atoms with van der Waals surface area (Å²) in [4.78, 5) is -3.39. The van der Waals surface area contributed by atoms with Gasteiger partial charge in [-0.3, -0.25) is 0 Å². The van der Waals surface area contributed by atoms with E-state index in [1.807, 2.05) is 0 Å². The fourth-order valence-corrected chi connectivity index (χ4v) is 3.50. The molecule has 0 saturated heterocycles. The van der Waals surface area contributed by atoms with E-state index < -0.39 is 42.0 Å². The van der Waals surface area contributed by atoms with Gasteiger partial charge in [0, 0.05) is 0 Å². The van der Waals surface area contributed by atoms with Gasteiger partial charge >= 0.3 is 10.2 Å². The van der Waals surface area contributed by atoms with Gasteiger partial charge in [0.15, 0.2) is 28.2 Å². The first-order chi connectivity index (χ1) is 7.16. The predicted octanol–water partition coefficient (Wildman–Crippen LogP) is 5.50. The lowest BCUT2D eigenvalue weighted by atomic mass is 10.3. The van der Waals surface area contributed by atoms with Gasteiger partial charge in [-0.25, -0.2) is 17.6 Å². The van der Waals surface area contributed by atoms with Crippen LogP contribution in [0.2, 0.25) is 0 Å². The Labute approximate surface area is 102 Å². The molecule has 11 heteroatoms. The molecule has 0 bridgehead atoms. The number of halogens is 10. The van der Waals surface area contributed by atoms with Crippen LogP contribution < -0.4 is 0 Å². The van der Waals surface area contributed by atoms with E-state index in [9.17, 15) is 37.0 Å². The maximum Gasteiger partial charge on any atom is 0.314 e. The zero-order valence-corrected chi connectivity index (χ0v) is 10.2. The van der Waals surface area contributed by atoms with Crippen LogP contribution in [0.15, 0.2) is 4.90 Å². The third kappa shape index (κ3) is 2.58. The van der Waals surface area contributed by atoms with Crippen molar-refractivity contribution >= 4 is 32.8 Å². The third-order valence-electron chi connectivity index (χ3n) is 1.56. The van der Waals surface area contributed by atoms with Crippen molar-refractivity contribution in [1.29, 1.82) is 0 Å². The Morgan fingerprint density at radius 2 is 1.00 bits per heavy atom. The Morgan fingerprint density at radius 3 is 1.35 bits per heavy atom. The van der Waals surface area contributed by atoms with Gasteiger partial charge in [0.1, 0.15) is 0 Å². The summed E-state index contributed by atoms with van der Waals surface area (Å²) in [6, 6.07) is 0. The molecular weight excluding hydrogens is 402 g/mol. The summed E-state index contributed by atoms with van der Waals surface area (Å²) >= 11 is 0.326. The van der Waals surface area contributed by atoms with E-state index in [2.05, 4.69) is 0 Å². The van der Waals surface area contributed by atoms with Gasteiger partial charge in [-0.15, -0.1) is 0 Å². The van der Waals surface area contributed by atoms with Crippen LogP contribution in [0.5, 0.6) is 0 Å². The lowest BCUT2D eigenvalue weighted by Crippen LogP contribution is -2.15. The smallest absolute Gasteiger partial charge is 0.202 e. The summed E-state index contributed by atoms with van der Waals surface area (Å²) < 4.78 is 110. The van der Waals surface area contributed by atoms with Crippen molar-refractivity contribution in [3.05, 3.63) is 26.8 Å². The second-order valence-corrected chi connectivity index (χ2v) is 6.29. The van der Waals surface area contributed by atoms with Gasteiger partial charge in [0.05, 0.1) is 3.57 Å². The van der Waals surface area contributed by atoms with Crippen molar-refractivity contribution in [3.8, 4) is 0 Å². The third-order valence-corrected chi connectivity index (χ3v) is 4.09. The maximum absolute atomic E-state index is 12.7. The zero-order valence-electron chi connectivity index (χ0n) is 7.19. The standard InChI is InChI=1S/C6F9IS/c7-1-2(8)4(10)6(5(16)3(1)9)17(11,12,13,14)15. The first-order valence-corrected chi connectivity index (χ1v) is 6.45. The van der Waals surface area contributed by atoms with Crippen molar-refractivity contribution in [3.63, 3.8) is 0 Å². The highest BCUT2D eigenvalue weighted by molar-refractivity contribution is 14.1.